The number of Topliss-reactive ketones (excluding diaryl/α,β-unsaturated/α-hetero) is 1. The van der Waals surface area contributed by atoms with E-state index in [1.165, 1.54) is 18.2 Å². The van der Waals surface area contributed by atoms with Crippen LogP contribution in [0.3, 0.4) is 0 Å². The Morgan fingerprint density at radius 2 is 1.73 bits per heavy atom. The Hall–Kier alpha value is -3.25. The monoisotopic (exact) mass is 504 g/mol. The molecular formula is C27H25BrN2O3. The Morgan fingerprint density at radius 3 is 2.45 bits per heavy atom. The maximum Gasteiger partial charge on any atom is 0.172 e. The molecule has 1 heterocycles. The number of phenols is 1. The van der Waals surface area contributed by atoms with Crippen molar-refractivity contribution in [3.63, 3.8) is 0 Å². The summed E-state index contributed by atoms with van der Waals surface area (Å²) in [6, 6.07) is 19.7. The van der Waals surface area contributed by atoms with Gasteiger partial charge in [-0.2, -0.15) is 0 Å². The van der Waals surface area contributed by atoms with E-state index < -0.39 is 0 Å². The molecule has 168 valence electrons. The van der Waals surface area contributed by atoms with Gasteiger partial charge in [-0.1, -0.05) is 42.0 Å². The fraction of sp³-hybridized carbons (Fsp3) is 0.222. The van der Waals surface area contributed by atoms with Crippen molar-refractivity contribution in [3.05, 3.63) is 93.1 Å². The number of benzene rings is 3. The zero-order valence-electron chi connectivity index (χ0n) is 18.5. The van der Waals surface area contributed by atoms with Crippen LogP contribution in [-0.4, -0.2) is 18.0 Å². The van der Waals surface area contributed by atoms with E-state index >= 15 is 0 Å². The molecule has 5 rings (SSSR count). The van der Waals surface area contributed by atoms with Crippen molar-refractivity contribution in [3.8, 4) is 11.5 Å². The van der Waals surface area contributed by atoms with Crippen molar-refractivity contribution in [1.82, 2.24) is 0 Å². The number of ketones is 1. The molecule has 3 aromatic carbocycles. The van der Waals surface area contributed by atoms with Crippen molar-refractivity contribution in [1.29, 1.82) is 0 Å². The number of anilines is 2. The largest absolute Gasteiger partial charge is 0.503 e. The van der Waals surface area contributed by atoms with E-state index in [4.69, 9.17) is 4.74 Å². The molecule has 0 unspecified atom stereocenters. The van der Waals surface area contributed by atoms with Gasteiger partial charge in [-0.15, -0.1) is 0 Å². The highest BCUT2D eigenvalue weighted by Crippen LogP contribution is 2.46. The van der Waals surface area contributed by atoms with Crippen LogP contribution in [0.2, 0.25) is 0 Å². The third-order valence-corrected chi connectivity index (χ3v) is 7.07. The van der Waals surface area contributed by atoms with Gasteiger partial charge in [0.05, 0.1) is 29.0 Å². The third-order valence-electron chi connectivity index (χ3n) is 6.46. The molecule has 0 aromatic heterocycles. The maximum absolute atomic E-state index is 13.6. The van der Waals surface area contributed by atoms with Gasteiger partial charge >= 0.3 is 0 Å². The lowest BCUT2D eigenvalue weighted by Gasteiger charge is -2.30. The predicted molar refractivity (Wildman–Crippen MR) is 134 cm³/mol. The molecule has 0 bridgehead atoms. The summed E-state index contributed by atoms with van der Waals surface area (Å²) in [7, 11) is 1.52. The highest BCUT2D eigenvalue weighted by Gasteiger charge is 2.36. The molecule has 0 fully saturated rings. The number of phenolic OH excluding ortho intramolecular Hbond substituents is 1. The van der Waals surface area contributed by atoms with Crippen molar-refractivity contribution in [2.75, 3.05) is 17.7 Å². The number of methoxy groups -OCH3 is 1. The predicted octanol–water partition coefficient (Wildman–Crippen LogP) is 6.45. The Bertz CT molecular complexity index is 1270. The number of hydrogen-bond acceptors (Lipinski definition) is 5. The molecule has 5 nitrogen and oxygen atoms in total. The van der Waals surface area contributed by atoms with Crippen LogP contribution in [0.1, 0.15) is 41.5 Å². The van der Waals surface area contributed by atoms with Crippen LogP contribution >= 0.6 is 15.9 Å². The number of hydrogen-bond donors (Lipinski definition) is 3. The summed E-state index contributed by atoms with van der Waals surface area (Å²) < 4.78 is 5.90. The Labute approximate surface area is 201 Å². The average molecular weight is 505 g/mol. The van der Waals surface area contributed by atoms with Crippen molar-refractivity contribution in [2.24, 2.45) is 0 Å². The number of allylic oxidation sites excluding steroid dienone is 1. The first kappa shape index (κ1) is 21.6. The highest BCUT2D eigenvalue weighted by atomic mass is 79.9. The number of carbonyl (C=O) groups is 1. The van der Waals surface area contributed by atoms with E-state index in [0.717, 1.165) is 34.6 Å². The van der Waals surface area contributed by atoms with E-state index in [1.54, 1.807) is 6.07 Å². The number of halogens is 1. The van der Waals surface area contributed by atoms with Crippen LogP contribution < -0.4 is 15.4 Å². The van der Waals surface area contributed by atoms with Gasteiger partial charge < -0.3 is 20.5 Å². The molecule has 0 saturated carbocycles. The van der Waals surface area contributed by atoms with E-state index in [0.29, 0.717) is 16.6 Å². The van der Waals surface area contributed by atoms with Gasteiger partial charge in [0.15, 0.2) is 17.3 Å². The second kappa shape index (κ2) is 8.60. The van der Waals surface area contributed by atoms with Crippen LogP contribution in [0.15, 0.2) is 76.4 Å². The molecule has 0 radical (unpaired) electrons. The summed E-state index contributed by atoms with van der Waals surface area (Å²) in [5.41, 5.74) is 6.74. The highest BCUT2D eigenvalue weighted by molar-refractivity contribution is 9.10. The van der Waals surface area contributed by atoms with Gasteiger partial charge in [0.2, 0.25) is 0 Å². The topological polar surface area (TPSA) is 70.6 Å². The third kappa shape index (κ3) is 4.00. The minimum atomic E-state index is -0.381. The summed E-state index contributed by atoms with van der Waals surface area (Å²) in [5.74, 6) is 0.630. The second-order valence-electron chi connectivity index (χ2n) is 8.63. The number of fused-ring (bicyclic) bond motifs is 1. The zero-order chi connectivity index (χ0) is 23.1. The molecule has 3 aromatic rings. The second-order valence-corrected chi connectivity index (χ2v) is 9.49. The standard InChI is InChI=1S/C27H25BrN2O3/c1-15-7-9-16(10-8-15)17-12-22-25(23(31)13-17)26(30-21-6-4-3-5-20(21)29-22)18-11-19(28)27(32)24(14-18)33-2/h3-11,14,17,26,29-30,32H,12-13H2,1-2H3/t17-,26+/m1/s1. The first-order chi connectivity index (χ1) is 15.9. The van der Waals surface area contributed by atoms with Gasteiger partial charge in [-0.25, -0.2) is 0 Å². The first-order valence-corrected chi connectivity index (χ1v) is 11.8. The van der Waals surface area contributed by atoms with Crippen LogP contribution in [0.25, 0.3) is 0 Å². The van der Waals surface area contributed by atoms with Crippen LogP contribution in [0.4, 0.5) is 11.4 Å². The number of aryl methyl sites for hydroxylation is 1. The van der Waals surface area contributed by atoms with Crippen LogP contribution in [-0.2, 0) is 4.79 Å². The Kier molecular flexibility index (Phi) is 5.62. The molecule has 1 aliphatic carbocycles. The van der Waals surface area contributed by atoms with Crippen molar-refractivity contribution >= 4 is 33.1 Å². The lowest BCUT2D eigenvalue weighted by atomic mass is 9.78. The summed E-state index contributed by atoms with van der Waals surface area (Å²) in [6.07, 6.45) is 1.20. The molecule has 0 amide bonds. The lowest BCUT2D eigenvalue weighted by Crippen LogP contribution is -2.27. The van der Waals surface area contributed by atoms with Gasteiger partial charge in [0.25, 0.3) is 0 Å². The maximum atomic E-state index is 13.6. The quantitative estimate of drug-likeness (QED) is 0.382. The number of nitrogens with one attached hydrogen (secondary N) is 2. The van der Waals surface area contributed by atoms with Crippen LogP contribution in [0.5, 0.6) is 11.5 Å². The smallest absolute Gasteiger partial charge is 0.172 e. The molecule has 0 saturated heterocycles. The molecule has 2 atom stereocenters. The SMILES string of the molecule is COc1cc([C@@H]2Nc3ccccc3NC3=C2C(=O)C[C@H](c2ccc(C)cc2)C3)cc(Br)c1O. The lowest BCUT2D eigenvalue weighted by molar-refractivity contribution is -0.116. The molecule has 2 aliphatic rings. The molecule has 0 spiro atoms. The molecule has 1 aliphatic heterocycles. The summed E-state index contributed by atoms with van der Waals surface area (Å²) in [4.78, 5) is 13.6. The zero-order valence-corrected chi connectivity index (χ0v) is 20.1. The number of carbonyl (C=O) groups excluding carboxylic acids is 1. The van der Waals surface area contributed by atoms with E-state index in [2.05, 4.69) is 57.8 Å². The minimum Gasteiger partial charge on any atom is -0.503 e. The number of para-hydroxylation sites is 2. The van der Waals surface area contributed by atoms with Gasteiger partial charge in [-0.3, -0.25) is 4.79 Å². The number of ether oxygens (including phenoxy) is 1. The molecule has 33 heavy (non-hydrogen) atoms. The number of rotatable bonds is 3. The van der Waals surface area contributed by atoms with Gasteiger partial charge in [-0.05, 0) is 70.6 Å². The van der Waals surface area contributed by atoms with Crippen molar-refractivity contribution in [2.45, 2.75) is 31.7 Å². The van der Waals surface area contributed by atoms with Gasteiger partial charge in [0.1, 0.15) is 0 Å². The molecular weight excluding hydrogens is 480 g/mol. The Balaban J connectivity index is 1.63. The normalized spacial score (nSPS) is 19.7. The fourth-order valence-electron chi connectivity index (χ4n) is 4.73. The van der Waals surface area contributed by atoms with Gasteiger partial charge in [0, 0.05) is 17.7 Å². The van der Waals surface area contributed by atoms with Crippen LogP contribution in [0, 0.1) is 6.92 Å². The average Bonchev–Trinajstić information content (AvgIpc) is 2.98. The Morgan fingerprint density at radius 1 is 1.00 bits per heavy atom. The van der Waals surface area contributed by atoms with Crippen molar-refractivity contribution < 1.29 is 14.6 Å². The van der Waals surface area contributed by atoms with E-state index in [-0.39, 0.29) is 23.5 Å². The molecule has 6 heteroatoms. The van der Waals surface area contributed by atoms with E-state index in [9.17, 15) is 9.90 Å². The fourth-order valence-corrected chi connectivity index (χ4v) is 5.19. The van der Waals surface area contributed by atoms with E-state index in [1.807, 2.05) is 30.3 Å². The summed E-state index contributed by atoms with van der Waals surface area (Å²) >= 11 is 3.43. The summed E-state index contributed by atoms with van der Waals surface area (Å²) in [5, 5.41) is 17.4. The number of aromatic hydroxyl groups is 1. The first-order valence-electron chi connectivity index (χ1n) is 11.0. The minimum absolute atomic E-state index is 0.0389. The summed E-state index contributed by atoms with van der Waals surface area (Å²) in [6.45, 7) is 2.07. The molecule has 3 N–H and O–H groups in total.